The van der Waals surface area contributed by atoms with Crippen LogP contribution in [0.5, 0.6) is 5.75 Å². The van der Waals surface area contributed by atoms with Gasteiger partial charge in [-0.25, -0.2) is 0 Å². The fourth-order valence-electron chi connectivity index (χ4n) is 2.02. The molecule has 2 aromatic rings. The average molecular weight is 290 g/mol. The van der Waals surface area contributed by atoms with E-state index in [4.69, 9.17) is 22.1 Å². The Morgan fingerprint density at radius 3 is 2.30 bits per heavy atom. The Hall–Kier alpha value is -1.51. The Bertz CT molecular complexity index is 522. The average Bonchev–Trinajstić information content (AvgIpc) is 2.48. The maximum absolute atomic E-state index is 6.24. The molecule has 0 saturated heterocycles. The summed E-state index contributed by atoms with van der Waals surface area (Å²) in [5, 5.41) is 0.750. The fraction of sp³-hybridized carbons (Fsp3) is 0.294. The van der Waals surface area contributed by atoms with E-state index in [0.29, 0.717) is 0 Å². The summed E-state index contributed by atoms with van der Waals surface area (Å²) in [6.07, 6.45) is 1.81. The third-order valence-corrected chi connectivity index (χ3v) is 3.40. The summed E-state index contributed by atoms with van der Waals surface area (Å²) in [6, 6.07) is 15.8. The molecule has 2 aromatic carbocycles. The summed E-state index contributed by atoms with van der Waals surface area (Å²) in [7, 11) is 0. The minimum absolute atomic E-state index is 0.0172. The van der Waals surface area contributed by atoms with Gasteiger partial charge in [-0.1, -0.05) is 42.8 Å². The molecular weight excluding hydrogens is 270 g/mol. The molecule has 0 bridgehead atoms. The zero-order valence-corrected chi connectivity index (χ0v) is 12.4. The van der Waals surface area contributed by atoms with E-state index in [0.717, 1.165) is 35.8 Å². The molecule has 20 heavy (non-hydrogen) atoms. The minimum atomic E-state index is -0.0172. The van der Waals surface area contributed by atoms with Gasteiger partial charge in [0.1, 0.15) is 5.75 Å². The number of nitrogens with two attached hydrogens (primary N) is 1. The molecule has 3 heteroatoms. The Labute approximate surface area is 125 Å². The van der Waals surface area contributed by atoms with E-state index in [1.54, 1.807) is 0 Å². The highest BCUT2D eigenvalue weighted by Gasteiger charge is 2.07. The van der Waals surface area contributed by atoms with Crippen molar-refractivity contribution < 1.29 is 4.74 Å². The molecule has 0 radical (unpaired) electrons. The normalized spacial score (nSPS) is 12.2. The summed E-state index contributed by atoms with van der Waals surface area (Å²) in [6.45, 7) is 2.84. The second-order valence-corrected chi connectivity index (χ2v) is 5.29. The quantitative estimate of drug-likeness (QED) is 0.857. The van der Waals surface area contributed by atoms with Gasteiger partial charge in [-0.15, -0.1) is 0 Å². The number of rotatable bonds is 6. The van der Waals surface area contributed by atoms with Crippen LogP contribution >= 0.6 is 11.6 Å². The van der Waals surface area contributed by atoms with Crippen molar-refractivity contribution in [2.45, 2.75) is 25.8 Å². The molecule has 0 aliphatic carbocycles. The molecule has 2 nitrogen and oxygen atoms in total. The Morgan fingerprint density at radius 1 is 1.05 bits per heavy atom. The van der Waals surface area contributed by atoms with Crippen LogP contribution in [0.2, 0.25) is 5.02 Å². The zero-order chi connectivity index (χ0) is 14.4. The zero-order valence-electron chi connectivity index (χ0n) is 11.7. The highest BCUT2D eigenvalue weighted by molar-refractivity contribution is 6.30. The van der Waals surface area contributed by atoms with Gasteiger partial charge in [0.25, 0.3) is 0 Å². The van der Waals surface area contributed by atoms with Crippen molar-refractivity contribution in [1.82, 2.24) is 0 Å². The van der Waals surface area contributed by atoms with Crippen LogP contribution in [-0.4, -0.2) is 6.61 Å². The molecule has 2 N–H and O–H groups in total. The predicted molar refractivity (Wildman–Crippen MR) is 84.3 cm³/mol. The lowest BCUT2D eigenvalue weighted by atomic mass is 10.00. The smallest absolute Gasteiger partial charge is 0.119 e. The summed E-state index contributed by atoms with van der Waals surface area (Å²) in [5.41, 5.74) is 8.54. The number of hydrogen-bond donors (Lipinski definition) is 1. The van der Waals surface area contributed by atoms with E-state index in [2.05, 4.69) is 6.92 Å². The predicted octanol–water partition coefficient (Wildman–Crippen LogP) is 4.37. The van der Waals surface area contributed by atoms with Crippen molar-refractivity contribution in [3.63, 3.8) is 0 Å². The molecule has 0 saturated carbocycles. The van der Waals surface area contributed by atoms with Gasteiger partial charge in [0.2, 0.25) is 0 Å². The first-order chi connectivity index (χ1) is 9.69. The van der Waals surface area contributed by atoms with Crippen molar-refractivity contribution in [3.8, 4) is 5.75 Å². The van der Waals surface area contributed by atoms with Crippen LogP contribution in [0.3, 0.4) is 0 Å². The lowest BCUT2D eigenvalue weighted by Crippen LogP contribution is -2.13. The standard InChI is InChI=1S/C17H20ClNO/c1-2-11-20-16-9-5-14(6-10-16)17(19)12-13-3-7-15(18)8-4-13/h3-10,17H,2,11-12,19H2,1H3. The second kappa shape index (κ2) is 7.32. The van der Waals surface area contributed by atoms with Gasteiger partial charge in [0, 0.05) is 11.1 Å². The summed E-state index contributed by atoms with van der Waals surface area (Å²) < 4.78 is 5.57. The first-order valence-electron chi connectivity index (χ1n) is 6.92. The maximum atomic E-state index is 6.24. The molecule has 2 rings (SSSR count). The Balaban J connectivity index is 1.98. The second-order valence-electron chi connectivity index (χ2n) is 4.85. The van der Waals surface area contributed by atoms with Crippen molar-refractivity contribution in [2.75, 3.05) is 6.61 Å². The highest BCUT2D eigenvalue weighted by Crippen LogP contribution is 2.20. The van der Waals surface area contributed by atoms with Crippen LogP contribution in [0, 0.1) is 0 Å². The number of benzene rings is 2. The van der Waals surface area contributed by atoms with E-state index >= 15 is 0 Å². The lowest BCUT2D eigenvalue weighted by molar-refractivity contribution is 0.317. The van der Waals surface area contributed by atoms with Gasteiger partial charge in [0.15, 0.2) is 0 Å². The van der Waals surface area contributed by atoms with Gasteiger partial charge < -0.3 is 10.5 Å². The third-order valence-electron chi connectivity index (χ3n) is 3.15. The van der Waals surface area contributed by atoms with Crippen LogP contribution in [0.25, 0.3) is 0 Å². The molecule has 0 spiro atoms. The Morgan fingerprint density at radius 2 is 1.70 bits per heavy atom. The molecular formula is C17H20ClNO. The van der Waals surface area contributed by atoms with Crippen molar-refractivity contribution in [1.29, 1.82) is 0 Å². The summed E-state index contributed by atoms with van der Waals surface area (Å²) in [5.74, 6) is 0.897. The van der Waals surface area contributed by atoms with E-state index < -0.39 is 0 Å². The number of ether oxygens (including phenoxy) is 1. The van der Waals surface area contributed by atoms with E-state index in [1.165, 1.54) is 5.56 Å². The van der Waals surface area contributed by atoms with Crippen molar-refractivity contribution in [3.05, 3.63) is 64.7 Å². The molecule has 1 unspecified atom stereocenters. The summed E-state index contributed by atoms with van der Waals surface area (Å²) in [4.78, 5) is 0. The highest BCUT2D eigenvalue weighted by atomic mass is 35.5. The number of hydrogen-bond acceptors (Lipinski definition) is 2. The van der Waals surface area contributed by atoms with Gasteiger partial charge in [-0.3, -0.25) is 0 Å². The molecule has 0 amide bonds. The lowest BCUT2D eigenvalue weighted by Gasteiger charge is -2.13. The Kier molecular flexibility index (Phi) is 5.45. The number of halogens is 1. The first kappa shape index (κ1) is 14.9. The molecule has 0 aromatic heterocycles. The van der Waals surface area contributed by atoms with Crippen LogP contribution < -0.4 is 10.5 Å². The van der Waals surface area contributed by atoms with Crippen LogP contribution in [0.1, 0.15) is 30.5 Å². The first-order valence-corrected chi connectivity index (χ1v) is 7.29. The van der Waals surface area contributed by atoms with Crippen molar-refractivity contribution in [2.24, 2.45) is 5.73 Å². The van der Waals surface area contributed by atoms with Gasteiger partial charge in [0.05, 0.1) is 6.61 Å². The van der Waals surface area contributed by atoms with Crippen LogP contribution in [0.15, 0.2) is 48.5 Å². The van der Waals surface area contributed by atoms with E-state index in [1.807, 2.05) is 48.5 Å². The van der Waals surface area contributed by atoms with E-state index in [-0.39, 0.29) is 6.04 Å². The largest absolute Gasteiger partial charge is 0.494 e. The summed E-state index contributed by atoms with van der Waals surface area (Å²) >= 11 is 5.88. The molecule has 0 aliphatic rings. The minimum Gasteiger partial charge on any atom is -0.494 e. The van der Waals surface area contributed by atoms with Crippen LogP contribution in [0.4, 0.5) is 0 Å². The molecule has 0 aliphatic heterocycles. The molecule has 106 valence electrons. The SMILES string of the molecule is CCCOc1ccc(C(N)Cc2ccc(Cl)cc2)cc1. The monoisotopic (exact) mass is 289 g/mol. The third kappa shape index (κ3) is 4.26. The van der Waals surface area contributed by atoms with Crippen molar-refractivity contribution >= 4 is 11.6 Å². The molecule has 1 atom stereocenters. The van der Waals surface area contributed by atoms with Gasteiger partial charge >= 0.3 is 0 Å². The van der Waals surface area contributed by atoms with Crippen LogP contribution in [-0.2, 0) is 6.42 Å². The van der Waals surface area contributed by atoms with E-state index in [9.17, 15) is 0 Å². The fourth-order valence-corrected chi connectivity index (χ4v) is 2.15. The topological polar surface area (TPSA) is 35.2 Å². The van der Waals surface area contributed by atoms with Gasteiger partial charge in [-0.2, -0.15) is 0 Å². The molecule has 0 fully saturated rings. The van der Waals surface area contributed by atoms with Gasteiger partial charge in [-0.05, 0) is 48.2 Å². The molecule has 0 heterocycles. The maximum Gasteiger partial charge on any atom is 0.119 e.